The van der Waals surface area contributed by atoms with Crippen molar-refractivity contribution in [1.29, 1.82) is 0 Å². The average Bonchev–Trinajstić information content (AvgIpc) is 2.36. The molecule has 2 N–H and O–H groups in total. The topological polar surface area (TPSA) is 48.0 Å². The predicted molar refractivity (Wildman–Crippen MR) is 69.3 cm³/mol. The molecule has 102 valence electrons. The first-order valence-corrected chi connectivity index (χ1v) is 6.58. The van der Waals surface area contributed by atoms with Gasteiger partial charge in [-0.25, -0.2) is 0 Å². The highest BCUT2D eigenvalue weighted by Crippen LogP contribution is 2.01. The number of methoxy groups -OCH3 is 1. The van der Waals surface area contributed by atoms with Crippen molar-refractivity contribution in [3.05, 3.63) is 0 Å². The van der Waals surface area contributed by atoms with Crippen LogP contribution in [0.2, 0.25) is 0 Å². The Balaban J connectivity index is 2.04. The maximum atomic E-state index is 9.87. The molecule has 0 aliphatic carbocycles. The lowest BCUT2D eigenvalue weighted by atomic mass is 10.2. The Kier molecular flexibility index (Phi) is 7.72. The number of nitrogens with one attached hydrogen (secondary N) is 1. The third-order valence-corrected chi connectivity index (χ3v) is 3.24. The molecule has 0 amide bonds. The van der Waals surface area contributed by atoms with E-state index in [1.54, 1.807) is 7.11 Å². The number of piperazine rings is 1. The second kappa shape index (κ2) is 8.83. The molecule has 17 heavy (non-hydrogen) atoms. The van der Waals surface area contributed by atoms with Crippen molar-refractivity contribution in [2.75, 3.05) is 66.1 Å². The first kappa shape index (κ1) is 14.9. The van der Waals surface area contributed by atoms with Crippen LogP contribution < -0.4 is 5.32 Å². The Labute approximate surface area is 105 Å². The lowest BCUT2D eigenvalue weighted by molar-refractivity contribution is 0.0732. The molecule has 0 aromatic carbocycles. The van der Waals surface area contributed by atoms with E-state index in [0.29, 0.717) is 13.2 Å². The van der Waals surface area contributed by atoms with Crippen LogP contribution in [0.5, 0.6) is 0 Å². The second-order valence-electron chi connectivity index (χ2n) is 4.59. The second-order valence-corrected chi connectivity index (χ2v) is 4.59. The summed E-state index contributed by atoms with van der Waals surface area (Å²) in [7, 11) is 1.69. The van der Waals surface area contributed by atoms with Crippen LogP contribution in [0.15, 0.2) is 0 Å². The maximum absolute atomic E-state index is 9.87. The Morgan fingerprint density at radius 3 is 2.47 bits per heavy atom. The number of hydrogen-bond donors (Lipinski definition) is 2. The van der Waals surface area contributed by atoms with Crippen LogP contribution in [-0.2, 0) is 4.74 Å². The molecule has 0 spiro atoms. The number of aliphatic hydroxyl groups excluding tert-OH is 1. The Morgan fingerprint density at radius 2 is 1.88 bits per heavy atom. The fourth-order valence-electron chi connectivity index (χ4n) is 2.09. The molecule has 1 saturated heterocycles. The summed E-state index contributed by atoms with van der Waals surface area (Å²) in [6.45, 7) is 10.7. The smallest absolute Gasteiger partial charge is 0.0791 e. The van der Waals surface area contributed by atoms with E-state index >= 15 is 0 Å². The highest BCUT2D eigenvalue weighted by Gasteiger charge is 2.17. The van der Waals surface area contributed by atoms with Crippen LogP contribution in [0.25, 0.3) is 0 Å². The van der Waals surface area contributed by atoms with Crippen LogP contribution in [0.3, 0.4) is 0 Å². The van der Waals surface area contributed by atoms with Crippen LogP contribution >= 0.6 is 0 Å². The van der Waals surface area contributed by atoms with Gasteiger partial charge in [0, 0.05) is 52.9 Å². The zero-order valence-corrected chi connectivity index (χ0v) is 11.2. The maximum Gasteiger partial charge on any atom is 0.0791 e. The molecule has 1 aliphatic rings. The number of aliphatic hydroxyl groups is 1. The van der Waals surface area contributed by atoms with E-state index in [2.05, 4.69) is 22.0 Å². The minimum absolute atomic E-state index is 0.278. The number of ether oxygens (including phenoxy) is 1. The van der Waals surface area contributed by atoms with Crippen LogP contribution in [-0.4, -0.2) is 87.1 Å². The molecule has 1 aliphatic heterocycles. The summed E-state index contributed by atoms with van der Waals surface area (Å²) < 4.78 is 4.94. The predicted octanol–water partition coefficient (Wildman–Crippen LogP) is -0.779. The summed E-state index contributed by atoms with van der Waals surface area (Å²) in [5.41, 5.74) is 0. The zero-order valence-electron chi connectivity index (χ0n) is 11.2. The molecule has 0 saturated carbocycles. The largest absolute Gasteiger partial charge is 0.390 e. The number of nitrogens with zero attached hydrogens (tertiary/aromatic N) is 2. The van der Waals surface area contributed by atoms with Crippen molar-refractivity contribution in [3.63, 3.8) is 0 Å². The normalized spacial score (nSPS) is 20.6. The summed E-state index contributed by atoms with van der Waals surface area (Å²) in [5.74, 6) is 0. The molecule has 5 nitrogen and oxygen atoms in total. The van der Waals surface area contributed by atoms with Crippen molar-refractivity contribution < 1.29 is 9.84 Å². The van der Waals surface area contributed by atoms with Gasteiger partial charge in [0.05, 0.1) is 12.7 Å². The molecule has 0 aromatic rings. The Morgan fingerprint density at radius 1 is 1.24 bits per heavy atom. The highest BCUT2D eigenvalue weighted by molar-refractivity contribution is 4.74. The van der Waals surface area contributed by atoms with E-state index in [1.807, 2.05) is 0 Å². The van der Waals surface area contributed by atoms with Crippen molar-refractivity contribution in [2.24, 2.45) is 0 Å². The lowest BCUT2D eigenvalue weighted by Crippen LogP contribution is -2.49. The van der Waals surface area contributed by atoms with Gasteiger partial charge in [0.2, 0.25) is 0 Å². The quantitative estimate of drug-likeness (QED) is 0.550. The Hall–Kier alpha value is -0.200. The summed E-state index contributed by atoms with van der Waals surface area (Å²) >= 11 is 0. The van der Waals surface area contributed by atoms with E-state index in [-0.39, 0.29) is 6.10 Å². The van der Waals surface area contributed by atoms with Crippen molar-refractivity contribution in [2.45, 2.75) is 13.0 Å². The highest BCUT2D eigenvalue weighted by atomic mass is 16.5. The zero-order chi connectivity index (χ0) is 12.5. The first-order valence-electron chi connectivity index (χ1n) is 6.58. The molecule has 0 radical (unpaired) electrons. The van der Waals surface area contributed by atoms with Gasteiger partial charge >= 0.3 is 0 Å². The monoisotopic (exact) mass is 245 g/mol. The number of rotatable bonds is 8. The van der Waals surface area contributed by atoms with Gasteiger partial charge in [0.15, 0.2) is 0 Å². The molecule has 5 heteroatoms. The minimum atomic E-state index is -0.278. The molecular formula is C12H27N3O2. The Bertz CT molecular complexity index is 185. The van der Waals surface area contributed by atoms with Gasteiger partial charge in [-0.15, -0.1) is 0 Å². The number of β-amino-alcohol motifs (C(OH)–C–C–N with tert-alkyl or cyclic N) is 1. The van der Waals surface area contributed by atoms with Crippen molar-refractivity contribution in [3.8, 4) is 0 Å². The average molecular weight is 245 g/mol. The van der Waals surface area contributed by atoms with Gasteiger partial charge in [-0.2, -0.15) is 0 Å². The summed E-state index contributed by atoms with van der Waals surface area (Å²) in [6.07, 6.45) is -0.278. The van der Waals surface area contributed by atoms with Gasteiger partial charge in [0.1, 0.15) is 0 Å². The molecule has 0 bridgehead atoms. The van der Waals surface area contributed by atoms with Gasteiger partial charge < -0.3 is 20.1 Å². The molecule has 1 atom stereocenters. The molecule has 0 aromatic heterocycles. The van der Waals surface area contributed by atoms with E-state index in [1.165, 1.54) is 0 Å². The minimum Gasteiger partial charge on any atom is -0.390 e. The molecule has 1 heterocycles. The number of hydrogen-bond acceptors (Lipinski definition) is 5. The van der Waals surface area contributed by atoms with E-state index in [9.17, 15) is 5.11 Å². The summed E-state index contributed by atoms with van der Waals surface area (Å²) in [4.78, 5) is 4.79. The summed E-state index contributed by atoms with van der Waals surface area (Å²) in [6, 6.07) is 0. The van der Waals surface area contributed by atoms with Crippen LogP contribution in [0, 0.1) is 0 Å². The summed E-state index contributed by atoms with van der Waals surface area (Å²) in [5, 5.41) is 13.0. The van der Waals surface area contributed by atoms with E-state index in [0.717, 1.165) is 45.8 Å². The molecular weight excluding hydrogens is 218 g/mol. The fraction of sp³-hybridized carbons (Fsp3) is 1.00. The van der Waals surface area contributed by atoms with Gasteiger partial charge in [-0.1, -0.05) is 6.92 Å². The molecule has 1 fully saturated rings. The SMILES string of the molecule is CCN1CCN(CC(O)CNCCOC)CC1. The van der Waals surface area contributed by atoms with Gasteiger partial charge in [0.25, 0.3) is 0 Å². The lowest BCUT2D eigenvalue weighted by Gasteiger charge is -2.35. The van der Waals surface area contributed by atoms with Crippen LogP contribution in [0.4, 0.5) is 0 Å². The van der Waals surface area contributed by atoms with E-state index < -0.39 is 0 Å². The van der Waals surface area contributed by atoms with E-state index in [4.69, 9.17) is 4.74 Å². The molecule has 1 unspecified atom stereocenters. The first-order chi connectivity index (χ1) is 8.26. The fourth-order valence-corrected chi connectivity index (χ4v) is 2.09. The van der Waals surface area contributed by atoms with Gasteiger partial charge in [-0.3, -0.25) is 4.90 Å². The molecule has 1 rings (SSSR count). The number of likely N-dealkylation sites (N-methyl/N-ethyl adjacent to an activating group) is 1. The third-order valence-electron chi connectivity index (χ3n) is 3.24. The standard InChI is InChI=1S/C12H27N3O2/c1-3-14-5-7-15(8-6-14)11-12(16)10-13-4-9-17-2/h12-13,16H,3-11H2,1-2H3. The van der Waals surface area contributed by atoms with Crippen LogP contribution in [0.1, 0.15) is 6.92 Å². The van der Waals surface area contributed by atoms with Crippen molar-refractivity contribution in [1.82, 2.24) is 15.1 Å². The van der Waals surface area contributed by atoms with Gasteiger partial charge in [-0.05, 0) is 6.54 Å². The third kappa shape index (κ3) is 6.33. The van der Waals surface area contributed by atoms with Crippen molar-refractivity contribution >= 4 is 0 Å².